The number of nitrogens with one attached hydrogen (secondary N) is 2. The minimum absolute atomic E-state index is 0.109. The predicted molar refractivity (Wildman–Crippen MR) is 128 cm³/mol. The molecule has 1 aliphatic heterocycles. The van der Waals surface area contributed by atoms with Crippen LogP contribution >= 0.6 is 0 Å². The minimum atomic E-state index is -0.224. The summed E-state index contributed by atoms with van der Waals surface area (Å²) < 4.78 is 0. The largest absolute Gasteiger partial charge is 0.369 e. The highest BCUT2D eigenvalue weighted by atomic mass is 16.1. The average Bonchev–Trinajstić information content (AvgIpc) is 2.75. The Morgan fingerprint density at radius 2 is 2.06 bits per heavy atom. The number of nitrogens with two attached hydrogens (primary N) is 1. The lowest BCUT2D eigenvalue weighted by Crippen LogP contribution is -2.43. The second-order valence-corrected chi connectivity index (χ2v) is 8.81. The molecule has 4 N–H and O–H groups in total. The van der Waals surface area contributed by atoms with E-state index in [1.54, 1.807) is 13.2 Å². The van der Waals surface area contributed by atoms with Crippen LogP contribution in [-0.2, 0) is 11.3 Å². The van der Waals surface area contributed by atoms with E-state index >= 15 is 0 Å². The standard InChI is InChI=1S/C23H41N7O/c1-17(2)30(18(3)4)14-8-12-27-23(25-5)28-15-19-9-6-11-26-22(19)29-13-7-10-20(16-29)21(24)31/h6,9,11,17-18,20H,7-8,10,12-16H2,1-5H3,(H2,24,31)(H2,25,27,28). The van der Waals surface area contributed by atoms with Crippen molar-refractivity contribution in [2.45, 2.75) is 65.6 Å². The zero-order valence-electron chi connectivity index (χ0n) is 19.9. The molecule has 174 valence electrons. The molecule has 1 fully saturated rings. The van der Waals surface area contributed by atoms with Gasteiger partial charge in [-0.25, -0.2) is 4.98 Å². The van der Waals surface area contributed by atoms with Crippen LogP contribution in [0.1, 0.15) is 52.5 Å². The Kier molecular flexibility index (Phi) is 10.0. The number of amides is 1. The Labute approximate surface area is 187 Å². The first kappa shape index (κ1) is 24.9. The van der Waals surface area contributed by atoms with Crippen molar-refractivity contribution in [2.75, 3.05) is 38.1 Å². The van der Waals surface area contributed by atoms with Crippen molar-refractivity contribution in [1.29, 1.82) is 0 Å². The normalized spacial score (nSPS) is 17.5. The van der Waals surface area contributed by atoms with Crippen molar-refractivity contribution < 1.29 is 4.79 Å². The second kappa shape index (κ2) is 12.5. The van der Waals surface area contributed by atoms with Gasteiger partial charge in [0.25, 0.3) is 0 Å². The van der Waals surface area contributed by atoms with Crippen LogP contribution in [0.2, 0.25) is 0 Å². The van der Waals surface area contributed by atoms with Crippen LogP contribution in [0.5, 0.6) is 0 Å². The number of aromatic nitrogens is 1. The fourth-order valence-electron chi connectivity index (χ4n) is 4.24. The van der Waals surface area contributed by atoms with Crippen molar-refractivity contribution in [2.24, 2.45) is 16.6 Å². The van der Waals surface area contributed by atoms with Crippen LogP contribution in [0, 0.1) is 5.92 Å². The summed E-state index contributed by atoms with van der Waals surface area (Å²) in [7, 11) is 1.79. The Bertz CT molecular complexity index is 712. The van der Waals surface area contributed by atoms with E-state index in [0.29, 0.717) is 25.2 Å². The molecule has 1 aromatic rings. The number of anilines is 1. The fourth-order valence-corrected chi connectivity index (χ4v) is 4.24. The number of hydrogen-bond acceptors (Lipinski definition) is 5. The van der Waals surface area contributed by atoms with Gasteiger partial charge in [-0.05, 0) is 53.0 Å². The van der Waals surface area contributed by atoms with Gasteiger partial charge in [0.05, 0.1) is 5.92 Å². The molecule has 31 heavy (non-hydrogen) atoms. The molecule has 0 spiro atoms. The van der Waals surface area contributed by atoms with Gasteiger partial charge in [-0.15, -0.1) is 0 Å². The predicted octanol–water partition coefficient (Wildman–Crippen LogP) is 1.96. The molecule has 0 bridgehead atoms. The maximum absolute atomic E-state index is 11.6. The van der Waals surface area contributed by atoms with Crippen LogP contribution < -0.4 is 21.3 Å². The Balaban J connectivity index is 1.88. The van der Waals surface area contributed by atoms with E-state index in [1.807, 2.05) is 6.07 Å². The van der Waals surface area contributed by atoms with E-state index in [0.717, 1.165) is 56.2 Å². The zero-order chi connectivity index (χ0) is 22.8. The highest BCUT2D eigenvalue weighted by Crippen LogP contribution is 2.24. The Hall–Kier alpha value is -2.35. The summed E-state index contributed by atoms with van der Waals surface area (Å²) in [5, 5.41) is 6.81. The highest BCUT2D eigenvalue weighted by molar-refractivity contribution is 5.80. The number of rotatable bonds is 10. The number of primary amides is 1. The van der Waals surface area contributed by atoms with Gasteiger partial charge in [0.2, 0.25) is 5.91 Å². The summed E-state index contributed by atoms with van der Waals surface area (Å²) in [6.45, 7) is 13.0. The monoisotopic (exact) mass is 431 g/mol. The number of pyridine rings is 1. The minimum Gasteiger partial charge on any atom is -0.369 e. The molecule has 0 saturated carbocycles. The van der Waals surface area contributed by atoms with Gasteiger partial charge in [-0.2, -0.15) is 0 Å². The average molecular weight is 432 g/mol. The van der Waals surface area contributed by atoms with E-state index in [2.05, 4.69) is 64.2 Å². The number of hydrogen-bond donors (Lipinski definition) is 3. The van der Waals surface area contributed by atoms with Crippen molar-refractivity contribution in [3.8, 4) is 0 Å². The van der Waals surface area contributed by atoms with E-state index in [1.165, 1.54) is 0 Å². The number of nitrogens with zero attached hydrogens (tertiary/aromatic N) is 4. The SMILES string of the molecule is CN=C(NCCCN(C(C)C)C(C)C)NCc1cccnc1N1CCCC(C(N)=O)C1. The summed E-state index contributed by atoms with van der Waals surface area (Å²) in [6.07, 6.45) is 4.66. The van der Waals surface area contributed by atoms with Crippen LogP contribution in [0.25, 0.3) is 0 Å². The van der Waals surface area contributed by atoms with Crippen LogP contribution in [0.15, 0.2) is 23.3 Å². The van der Waals surface area contributed by atoms with E-state index < -0.39 is 0 Å². The quantitative estimate of drug-likeness (QED) is 0.298. The lowest BCUT2D eigenvalue weighted by atomic mass is 9.97. The molecule has 0 aromatic carbocycles. The van der Waals surface area contributed by atoms with Crippen molar-refractivity contribution >= 4 is 17.7 Å². The van der Waals surface area contributed by atoms with Gasteiger partial charge >= 0.3 is 0 Å². The van der Waals surface area contributed by atoms with Gasteiger partial charge in [0.15, 0.2) is 5.96 Å². The maximum Gasteiger partial charge on any atom is 0.222 e. The fraction of sp³-hybridized carbons (Fsp3) is 0.696. The number of carbonyl (C=O) groups is 1. The van der Waals surface area contributed by atoms with Crippen molar-refractivity contribution in [3.63, 3.8) is 0 Å². The molecule has 0 radical (unpaired) electrons. The molecule has 0 aliphatic carbocycles. The molecule has 1 aromatic heterocycles. The molecule has 1 atom stereocenters. The van der Waals surface area contributed by atoms with Crippen molar-refractivity contribution in [3.05, 3.63) is 23.9 Å². The molecule has 8 heteroatoms. The van der Waals surface area contributed by atoms with Gasteiger partial charge < -0.3 is 21.3 Å². The first-order chi connectivity index (χ1) is 14.8. The molecule has 2 heterocycles. The Morgan fingerprint density at radius 3 is 2.71 bits per heavy atom. The first-order valence-corrected chi connectivity index (χ1v) is 11.5. The van der Waals surface area contributed by atoms with E-state index in [4.69, 9.17) is 5.73 Å². The zero-order valence-corrected chi connectivity index (χ0v) is 19.9. The van der Waals surface area contributed by atoms with Crippen molar-refractivity contribution in [1.82, 2.24) is 20.5 Å². The van der Waals surface area contributed by atoms with E-state index in [9.17, 15) is 4.79 Å². The van der Waals surface area contributed by atoms with Crippen LogP contribution in [-0.4, -0.2) is 67.1 Å². The maximum atomic E-state index is 11.6. The van der Waals surface area contributed by atoms with Crippen LogP contribution in [0.4, 0.5) is 5.82 Å². The molecule has 1 amide bonds. The smallest absolute Gasteiger partial charge is 0.222 e. The molecular formula is C23H41N7O. The van der Waals surface area contributed by atoms with Gasteiger partial charge in [0, 0.05) is 63.6 Å². The van der Waals surface area contributed by atoms with Gasteiger partial charge in [-0.1, -0.05) is 6.07 Å². The molecule has 1 aliphatic rings. The van der Waals surface area contributed by atoms with E-state index in [-0.39, 0.29) is 11.8 Å². The summed E-state index contributed by atoms with van der Waals surface area (Å²) in [5.74, 6) is 1.37. The van der Waals surface area contributed by atoms with Gasteiger partial charge in [0.1, 0.15) is 5.82 Å². The lowest BCUT2D eigenvalue weighted by molar-refractivity contribution is -0.122. The summed E-state index contributed by atoms with van der Waals surface area (Å²) in [6, 6.07) is 5.11. The highest BCUT2D eigenvalue weighted by Gasteiger charge is 2.26. The molecule has 8 nitrogen and oxygen atoms in total. The third-order valence-electron chi connectivity index (χ3n) is 5.87. The lowest BCUT2D eigenvalue weighted by Gasteiger charge is -2.33. The molecular weight excluding hydrogens is 390 g/mol. The molecule has 2 rings (SSSR count). The van der Waals surface area contributed by atoms with Gasteiger partial charge in [-0.3, -0.25) is 14.7 Å². The van der Waals surface area contributed by atoms with Crippen LogP contribution in [0.3, 0.4) is 0 Å². The number of guanidine groups is 1. The summed E-state index contributed by atoms with van der Waals surface area (Å²) in [5.41, 5.74) is 6.63. The number of piperidine rings is 1. The molecule has 1 saturated heterocycles. The third kappa shape index (κ3) is 7.69. The Morgan fingerprint density at radius 1 is 1.32 bits per heavy atom. The number of carbonyl (C=O) groups excluding carboxylic acids is 1. The first-order valence-electron chi connectivity index (χ1n) is 11.5. The number of aliphatic imine (C=N–C) groups is 1. The second-order valence-electron chi connectivity index (χ2n) is 8.81. The topological polar surface area (TPSA) is 98.9 Å². The summed E-state index contributed by atoms with van der Waals surface area (Å²) in [4.78, 5) is 25.3. The third-order valence-corrected chi connectivity index (χ3v) is 5.87. The summed E-state index contributed by atoms with van der Waals surface area (Å²) >= 11 is 0. The molecule has 1 unspecified atom stereocenters.